The highest BCUT2D eigenvalue weighted by molar-refractivity contribution is 8.26. The van der Waals surface area contributed by atoms with E-state index in [1.165, 1.54) is 65.0 Å². The fraction of sp³-hybridized carbons (Fsp3) is 0.143. The van der Waals surface area contributed by atoms with Gasteiger partial charge in [-0.25, -0.2) is 0 Å². The average molecular weight is 560 g/mol. The molecule has 2 heterocycles. The predicted molar refractivity (Wildman–Crippen MR) is 173 cm³/mol. The summed E-state index contributed by atoms with van der Waals surface area (Å²) in [5.74, 6) is 0. The number of fused-ring (bicyclic) bond motifs is 4. The summed E-state index contributed by atoms with van der Waals surface area (Å²) in [6.45, 7) is 9.10. The van der Waals surface area contributed by atoms with Crippen LogP contribution in [0.1, 0.15) is 36.1 Å². The lowest BCUT2D eigenvalue weighted by atomic mass is 9.72. The zero-order valence-electron chi connectivity index (χ0n) is 22.6. The van der Waals surface area contributed by atoms with Gasteiger partial charge in [-0.2, -0.15) is 0 Å². The molecule has 1 nitrogen and oxygen atoms in total. The zero-order valence-corrected chi connectivity index (χ0v) is 25.1. The molecule has 2 aliphatic heterocycles. The Hall–Kier alpha value is -3.10. The maximum Gasteiger partial charge on any atom is 0.0502 e. The molecule has 0 N–H and O–H groups in total. The Morgan fingerprint density at radius 1 is 0.641 bits per heavy atom. The van der Waals surface area contributed by atoms with E-state index >= 15 is 0 Å². The second-order valence-electron chi connectivity index (χ2n) is 11.2. The van der Waals surface area contributed by atoms with Crippen LogP contribution in [0.4, 0.5) is 17.1 Å². The third-order valence-electron chi connectivity index (χ3n) is 8.22. The highest BCUT2D eigenvalue weighted by Crippen LogP contribution is 2.55. The van der Waals surface area contributed by atoms with Crippen LogP contribution in [0.3, 0.4) is 0 Å². The maximum atomic E-state index is 6.70. The SMILES string of the molecule is Cc1ccc2c(c1)C(C)(C)c1cc(C)ccc1N2c1ccc2c(c1)Sc1ccccc1P2(=S)c1ccccc1. The number of aryl methyl sites for hydroxylation is 2. The van der Waals surface area contributed by atoms with Crippen LogP contribution in [-0.4, -0.2) is 0 Å². The molecule has 2 aliphatic rings. The van der Waals surface area contributed by atoms with E-state index in [4.69, 9.17) is 11.8 Å². The van der Waals surface area contributed by atoms with Crippen LogP contribution in [0, 0.1) is 13.8 Å². The van der Waals surface area contributed by atoms with E-state index in [0.717, 1.165) is 0 Å². The van der Waals surface area contributed by atoms with Gasteiger partial charge in [-0.15, -0.1) is 0 Å². The van der Waals surface area contributed by atoms with Crippen molar-refractivity contribution in [2.75, 3.05) is 4.90 Å². The van der Waals surface area contributed by atoms with Crippen LogP contribution >= 0.6 is 17.8 Å². The standard InChI is InChI=1S/C35H30NPS2/c1-23-14-17-29-27(20-23)35(3,4)28-21-24(2)15-18-30(28)36(29)25-16-19-32-34(22-25)39-33-13-9-8-12-31(33)37(32,38)26-10-6-5-7-11-26/h5-22H,1-4H3. The molecule has 5 aromatic carbocycles. The Balaban J connectivity index is 1.47. The van der Waals surface area contributed by atoms with Gasteiger partial charge in [-0.1, -0.05) is 121 Å². The summed E-state index contributed by atoms with van der Waals surface area (Å²) in [5.41, 5.74) is 8.92. The van der Waals surface area contributed by atoms with Crippen molar-refractivity contribution in [2.24, 2.45) is 0 Å². The molecule has 7 rings (SSSR count). The zero-order chi connectivity index (χ0) is 26.9. The van der Waals surface area contributed by atoms with Crippen LogP contribution < -0.4 is 20.8 Å². The molecule has 1 atom stereocenters. The number of hydrogen-bond donors (Lipinski definition) is 0. The summed E-state index contributed by atoms with van der Waals surface area (Å²) in [4.78, 5) is 5.01. The van der Waals surface area contributed by atoms with Gasteiger partial charge in [-0.3, -0.25) is 0 Å². The first kappa shape index (κ1) is 24.9. The normalized spacial score (nSPS) is 18.5. The molecule has 0 aromatic heterocycles. The smallest absolute Gasteiger partial charge is 0.0502 e. The summed E-state index contributed by atoms with van der Waals surface area (Å²) in [5, 5.41) is 3.85. The minimum absolute atomic E-state index is 0.0876. The van der Waals surface area contributed by atoms with Gasteiger partial charge in [-0.05, 0) is 66.7 Å². The first-order valence-corrected chi connectivity index (χ1v) is 17.0. The van der Waals surface area contributed by atoms with Gasteiger partial charge in [0.15, 0.2) is 0 Å². The van der Waals surface area contributed by atoms with Gasteiger partial charge in [0.05, 0.1) is 11.4 Å². The van der Waals surface area contributed by atoms with Crippen molar-refractivity contribution in [1.82, 2.24) is 0 Å². The van der Waals surface area contributed by atoms with Crippen LogP contribution in [0.25, 0.3) is 0 Å². The number of anilines is 3. The van der Waals surface area contributed by atoms with Gasteiger partial charge in [0.1, 0.15) is 0 Å². The molecule has 39 heavy (non-hydrogen) atoms. The van der Waals surface area contributed by atoms with Gasteiger partial charge in [0, 0.05) is 37.5 Å². The average Bonchev–Trinajstić information content (AvgIpc) is 2.94. The molecule has 0 bridgehead atoms. The minimum Gasteiger partial charge on any atom is -0.310 e. The summed E-state index contributed by atoms with van der Waals surface area (Å²) in [6, 6.07) is 38.1. The van der Waals surface area contributed by atoms with Crippen LogP contribution in [-0.2, 0) is 17.2 Å². The number of rotatable bonds is 2. The first-order valence-electron chi connectivity index (χ1n) is 13.4. The van der Waals surface area contributed by atoms with E-state index < -0.39 is 6.04 Å². The Kier molecular flexibility index (Phi) is 5.72. The summed E-state index contributed by atoms with van der Waals surface area (Å²) < 4.78 is 0. The van der Waals surface area contributed by atoms with Gasteiger partial charge in [0.2, 0.25) is 0 Å². The molecule has 1 unspecified atom stereocenters. The van der Waals surface area contributed by atoms with E-state index in [0.29, 0.717) is 0 Å². The quantitative estimate of drug-likeness (QED) is 0.196. The molecule has 5 aromatic rings. The molecule has 0 fully saturated rings. The summed E-state index contributed by atoms with van der Waals surface area (Å²) in [6.07, 6.45) is 0. The van der Waals surface area contributed by atoms with Crippen molar-refractivity contribution >= 4 is 62.6 Å². The molecule has 192 valence electrons. The van der Waals surface area contributed by atoms with Crippen molar-refractivity contribution in [3.8, 4) is 0 Å². The van der Waals surface area contributed by atoms with Crippen LogP contribution in [0.2, 0.25) is 0 Å². The molecule has 4 heteroatoms. The van der Waals surface area contributed by atoms with Crippen molar-refractivity contribution in [3.05, 3.63) is 131 Å². The van der Waals surface area contributed by atoms with Crippen LogP contribution in [0.5, 0.6) is 0 Å². The second-order valence-corrected chi connectivity index (χ2v) is 16.6. The largest absolute Gasteiger partial charge is 0.310 e. The Morgan fingerprint density at radius 3 is 1.90 bits per heavy atom. The van der Waals surface area contributed by atoms with E-state index in [9.17, 15) is 0 Å². The van der Waals surface area contributed by atoms with E-state index in [1.54, 1.807) is 0 Å². The Morgan fingerprint density at radius 2 is 1.23 bits per heavy atom. The molecule has 0 saturated carbocycles. The monoisotopic (exact) mass is 559 g/mol. The Bertz CT molecular complexity index is 1770. The Labute approximate surface area is 240 Å². The summed E-state index contributed by atoms with van der Waals surface area (Å²) >= 11 is 8.56. The predicted octanol–water partition coefficient (Wildman–Crippen LogP) is 8.63. The number of benzene rings is 5. The lowest BCUT2D eigenvalue weighted by Crippen LogP contribution is -2.32. The van der Waals surface area contributed by atoms with Crippen LogP contribution in [0.15, 0.2) is 119 Å². The lowest BCUT2D eigenvalue weighted by Gasteiger charge is -2.43. The van der Waals surface area contributed by atoms with E-state index in [-0.39, 0.29) is 5.41 Å². The van der Waals surface area contributed by atoms with Gasteiger partial charge < -0.3 is 4.90 Å². The number of hydrogen-bond acceptors (Lipinski definition) is 3. The van der Waals surface area contributed by atoms with Gasteiger partial charge in [0.25, 0.3) is 0 Å². The van der Waals surface area contributed by atoms with Gasteiger partial charge >= 0.3 is 0 Å². The highest BCUT2D eigenvalue weighted by atomic mass is 32.4. The van der Waals surface area contributed by atoms with Crippen molar-refractivity contribution < 1.29 is 0 Å². The van der Waals surface area contributed by atoms with Crippen molar-refractivity contribution in [3.63, 3.8) is 0 Å². The van der Waals surface area contributed by atoms with E-state index in [1.807, 2.05) is 11.8 Å². The topological polar surface area (TPSA) is 3.24 Å². The fourth-order valence-electron chi connectivity index (χ4n) is 6.20. The molecular weight excluding hydrogens is 530 g/mol. The fourth-order valence-corrected chi connectivity index (χ4v) is 12.6. The molecule has 0 aliphatic carbocycles. The molecule has 0 radical (unpaired) electrons. The molecule has 0 amide bonds. The molecular formula is C35H30NPS2. The highest BCUT2D eigenvalue weighted by Gasteiger charge is 2.38. The van der Waals surface area contributed by atoms with Crippen molar-refractivity contribution in [2.45, 2.75) is 42.9 Å². The second kappa shape index (κ2) is 8.96. The third-order valence-corrected chi connectivity index (χ3v) is 14.6. The first-order chi connectivity index (χ1) is 18.8. The third kappa shape index (κ3) is 3.71. The van der Waals surface area contributed by atoms with E-state index in [2.05, 4.69) is 142 Å². The minimum atomic E-state index is -2.18. The lowest BCUT2D eigenvalue weighted by molar-refractivity contribution is 0.630. The maximum absolute atomic E-state index is 6.70. The molecule has 0 spiro atoms. The van der Waals surface area contributed by atoms with Crippen molar-refractivity contribution in [1.29, 1.82) is 0 Å². The number of nitrogens with zero attached hydrogens (tertiary/aromatic N) is 1. The molecule has 0 saturated heterocycles. The summed E-state index contributed by atoms with van der Waals surface area (Å²) in [7, 11) is 0.